The maximum Gasteiger partial charge on any atom is 0.249 e. The van der Waals surface area contributed by atoms with E-state index < -0.39 is 0 Å². The third-order valence-electron chi connectivity index (χ3n) is 10.1. The minimum Gasteiger partial charge on any atom is -0.508 e. The van der Waals surface area contributed by atoms with Crippen molar-refractivity contribution in [2.24, 2.45) is 17.8 Å². The number of aryl methyl sites for hydroxylation is 1. The number of fused-ring (bicyclic) bond motifs is 2. The minimum atomic E-state index is -0.109. The maximum atomic E-state index is 13.3. The average molecular weight is 754 g/mol. The molecule has 2 aromatic carbocycles. The van der Waals surface area contributed by atoms with Crippen molar-refractivity contribution in [3.63, 3.8) is 0 Å². The van der Waals surface area contributed by atoms with Gasteiger partial charge in [-0.1, -0.05) is 29.8 Å². The van der Waals surface area contributed by atoms with Gasteiger partial charge in [0.05, 0.1) is 11.4 Å². The molecule has 14 heteroatoms. The van der Waals surface area contributed by atoms with Crippen LogP contribution in [0.4, 0.5) is 11.9 Å². The molecule has 2 aliphatic carbocycles. The number of nitrogens with zero attached hydrogens (tertiary/aromatic N) is 7. The first-order chi connectivity index (χ1) is 26.8. The second kappa shape index (κ2) is 14.5. The van der Waals surface area contributed by atoms with Crippen molar-refractivity contribution in [1.29, 1.82) is 0 Å². The van der Waals surface area contributed by atoms with E-state index in [4.69, 9.17) is 16.3 Å². The molecule has 0 bridgehead atoms. The molecule has 13 nitrogen and oxygen atoms in total. The highest BCUT2D eigenvalue weighted by atomic mass is 35.5. The SMILES string of the molecule is O=C(Nc1nc2cccc(-c3ccc(OCc4ccc(Cl)nc4)c(CCCC4CC4C(=O)Nc4nc5cccc(-c6ccc(O)cc6)n5n4)c3)n2n1)C1CC1. The van der Waals surface area contributed by atoms with Gasteiger partial charge in [-0.3, -0.25) is 20.2 Å². The molecular weight excluding hydrogens is 718 g/mol. The molecular formula is C41H36ClN9O4. The smallest absolute Gasteiger partial charge is 0.249 e. The number of aromatic hydroxyl groups is 1. The fourth-order valence-electron chi connectivity index (χ4n) is 6.92. The molecule has 2 fully saturated rings. The number of carbonyl (C=O) groups is 2. The first kappa shape index (κ1) is 34.4. The Morgan fingerprint density at radius 2 is 1.49 bits per heavy atom. The van der Waals surface area contributed by atoms with Gasteiger partial charge in [0, 0.05) is 34.7 Å². The van der Waals surface area contributed by atoms with Gasteiger partial charge in [0.25, 0.3) is 0 Å². The Labute approximate surface area is 320 Å². The predicted molar refractivity (Wildman–Crippen MR) is 207 cm³/mol. The van der Waals surface area contributed by atoms with Crippen LogP contribution in [0.1, 0.15) is 43.2 Å². The summed E-state index contributed by atoms with van der Waals surface area (Å²) in [6.07, 6.45) is 6.76. The maximum absolute atomic E-state index is 13.3. The Kier molecular flexibility index (Phi) is 9.06. The lowest BCUT2D eigenvalue weighted by molar-refractivity contribution is -0.118. The Balaban J connectivity index is 0.883. The highest BCUT2D eigenvalue weighted by Crippen LogP contribution is 2.43. The van der Waals surface area contributed by atoms with Crippen LogP contribution in [0.3, 0.4) is 0 Å². The van der Waals surface area contributed by atoms with Gasteiger partial charge in [-0.05, 0) is 123 Å². The van der Waals surface area contributed by atoms with Crippen LogP contribution in [0.2, 0.25) is 5.15 Å². The monoisotopic (exact) mass is 753 g/mol. The number of nitrogens with one attached hydrogen (secondary N) is 2. The highest BCUT2D eigenvalue weighted by molar-refractivity contribution is 6.29. The predicted octanol–water partition coefficient (Wildman–Crippen LogP) is 7.39. The fraction of sp³-hybridized carbons (Fsp3) is 0.244. The number of amides is 2. The zero-order valence-corrected chi connectivity index (χ0v) is 30.4. The number of phenolic OH excluding ortho intramolecular Hbond substituents is 1. The molecule has 2 amide bonds. The van der Waals surface area contributed by atoms with E-state index in [0.717, 1.165) is 77.9 Å². The van der Waals surface area contributed by atoms with Gasteiger partial charge < -0.3 is 9.84 Å². The van der Waals surface area contributed by atoms with Crippen molar-refractivity contribution in [1.82, 2.24) is 34.2 Å². The third-order valence-corrected chi connectivity index (χ3v) is 10.3. The molecule has 0 aliphatic heterocycles. The normalized spacial score (nSPS) is 16.3. The molecule has 9 rings (SSSR count). The van der Waals surface area contributed by atoms with Crippen LogP contribution in [0.25, 0.3) is 33.8 Å². The molecule has 55 heavy (non-hydrogen) atoms. The summed E-state index contributed by atoms with van der Waals surface area (Å²) in [5, 5.41) is 25.1. The standard InChI is InChI=1S/C41H36ClN9O4/c42-35-19-10-24(22-43-35)23-55-34-18-15-28(33-7-3-9-37-44-40(48-51(33)37)46-38(53)26-11-12-26)20-29(34)5-1-4-27-21-31(27)39(54)47-41-45-36-8-2-6-32(50(36)49-41)25-13-16-30(52)17-14-25/h2-3,6-10,13-20,22,26-27,31,52H,1,4-5,11-12,21,23H2,(H,46,48,53)(H,47,49,54). The zero-order valence-electron chi connectivity index (χ0n) is 29.6. The van der Waals surface area contributed by atoms with Crippen LogP contribution < -0.4 is 15.4 Å². The number of rotatable bonds is 13. The van der Waals surface area contributed by atoms with Crippen LogP contribution in [0, 0.1) is 17.8 Å². The Morgan fingerprint density at radius 3 is 2.16 bits per heavy atom. The minimum absolute atomic E-state index is 0.0417. The number of hydrogen-bond acceptors (Lipinski definition) is 9. The first-order valence-corrected chi connectivity index (χ1v) is 18.7. The summed E-state index contributed by atoms with van der Waals surface area (Å²) < 4.78 is 9.77. The van der Waals surface area contributed by atoms with Crippen LogP contribution in [0.15, 0.2) is 97.2 Å². The summed E-state index contributed by atoms with van der Waals surface area (Å²) in [6.45, 7) is 0.331. The lowest BCUT2D eigenvalue weighted by Crippen LogP contribution is -2.16. The first-order valence-electron chi connectivity index (χ1n) is 18.3. The van der Waals surface area contributed by atoms with E-state index in [9.17, 15) is 14.7 Å². The number of carbonyl (C=O) groups excluding carboxylic acids is 2. The molecule has 2 atom stereocenters. The third kappa shape index (κ3) is 7.56. The molecule has 5 aromatic heterocycles. The number of aromatic nitrogens is 7. The molecule has 2 unspecified atom stereocenters. The van der Waals surface area contributed by atoms with E-state index in [0.29, 0.717) is 29.0 Å². The highest BCUT2D eigenvalue weighted by Gasteiger charge is 2.42. The summed E-state index contributed by atoms with van der Waals surface area (Å²) >= 11 is 6.00. The molecule has 2 aliphatic rings. The number of ether oxygens (including phenoxy) is 1. The summed E-state index contributed by atoms with van der Waals surface area (Å²) in [6, 6.07) is 28.0. The van der Waals surface area contributed by atoms with Gasteiger partial charge in [-0.25, -0.2) is 14.0 Å². The largest absolute Gasteiger partial charge is 0.508 e. The lowest BCUT2D eigenvalue weighted by Gasteiger charge is -2.14. The van der Waals surface area contributed by atoms with E-state index in [2.05, 4.69) is 41.8 Å². The summed E-state index contributed by atoms with van der Waals surface area (Å²) in [7, 11) is 0. The second-order valence-electron chi connectivity index (χ2n) is 14.1. The van der Waals surface area contributed by atoms with Crippen LogP contribution in [-0.2, 0) is 22.6 Å². The van der Waals surface area contributed by atoms with Crippen LogP contribution >= 0.6 is 11.6 Å². The molecule has 0 radical (unpaired) electrons. The Bertz CT molecular complexity index is 2550. The van der Waals surface area contributed by atoms with Gasteiger partial charge in [0.2, 0.25) is 23.7 Å². The van der Waals surface area contributed by atoms with E-state index in [1.165, 1.54) is 0 Å². The molecule has 0 spiro atoms. The average Bonchev–Trinajstić information content (AvgIpc) is 4.11. The van der Waals surface area contributed by atoms with Crippen LogP contribution in [-0.4, -0.2) is 51.1 Å². The quantitative estimate of drug-likeness (QED) is 0.102. The van der Waals surface area contributed by atoms with Gasteiger partial charge in [-0.15, -0.1) is 10.2 Å². The summed E-state index contributed by atoms with van der Waals surface area (Å²) in [5.74, 6) is 1.57. The van der Waals surface area contributed by atoms with E-state index >= 15 is 0 Å². The lowest BCUT2D eigenvalue weighted by atomic mass is 10.0. The molecule has 7 aromatic rings. The molecule has 0 saturated heterocycles. The zero-order chi connectivity index (χ0) is 37.5. The molecule has 5 heterocycles. The Hall–Kier alpha value is -6.34. The van der Waals surface area contributed by atoms with Crippen molar-refractivity contribution in [3.8, 4) is 34.0 Å². The molecule has 276 valence electrons. The van der Waals surface area contributed by atoms with E-state index in [1.807, 2.05) is 66.7 Å². The van der Waals surface area contributed by atoms with Gasteiger partial charge >= 0.3 is 0 Å². The van der Waals surface area contributed by atoms with Gasteiger partial charge in [0.15, 0.2) is 11.3 Å². The van der Waals surface area contributed by atoms with Gasteiger partial charge in [-0.2, -0.15) is 9.97 Å². The molecule has 2 saturated carbocycles. The summed E-state index contributed by atoms with van der Waals surface area (Å²) in [5.41, 5.74) is 6.61. The summed E-state index contributed by atoms with van der Waals surface area (Å²) in [4.78, 5) is 38.9. The number of hydrogen-bond donors (Lipinski definition) is 3. The van der Waals surface area contributed by atoms with E-state index in [1.54, 1.807) is 33.4 Å². The van der Waals surface area contributed by atoms with Crippen molar-refractivity contribution < 1.29 is 19.4 Å². The van der Waals surface area contributed by atoms with Crippen molar-refractivity contribution in [3.05, 3.63) is 113 Å². The Morgan fingerprint density at radius 1 is 0.818 bits per heavy atom. The van der Waals surface area contributed by atoms with Crippen molar-refractivity contribution in [2.45, 2.75) is 45.1 Å². The molecule has 3 N–H and O–H groups in total. The number of halogens is 1. The number of pyridine rings is 3. The van der Waals surface area contributed by atoms with Crippen molar-refractivity contribution in [2.75, 3.05) is 10.6 Å². The van der Waals surface area contributed by atoms with Gasteiger partial charge in [0.1, 0.15) is 23.3 Å². The topological polar surface area (TPSA) is 161 Å². The van der Waals surface area contributed by atoms with Crippen LogP contribution in [0.5, 0.6) is 11.5 Å². The van der Waals surface area contributed by atoms with E-state index in [-0.39, 0.29) is 41.3 Å². The van der Waals surface area contributed by atoms with Crippen molar-refractivity contribution >= 4 is 46.6 Å². The number of anilines is 2. The number of benzene rings is 2. The number of phenols is 1. The second-order valence-corrected chi connectivity index (χ2v) is 14.5. The fourth-order valence-corrected chi connectivity index (χ4v) is 7.03.